The fourth-order valence-corrected chi connectivity index (χ4v) is 1.78. The van der Waals surface area contributed by atoms with Gasteiger partial charge in [-0.1, -0.05) is 56.5 Å². The Balaban J connectivity index is 2.43. The molecule has 104 valence electrons. The molecule has 1 N–H and O–H groups in total. The number of carbonyl (C=O) groups excluding carboxylic acids is 1. The number of hydrogen-bond acceptors (Lipinski definition) is 4. The summed E-state index contributed by atoms with van der Waals surface area (Å²) in [6, 6.07) is 9.52. The summed E-state index contributed by atoms with van der Waals surface area (Å²) in [7, 11) is 0. The smallest absolute Gasteiger partial charge is 0.314 e. The normalized spacial score (nSPS) is 12.5. The molecule has 0 fully saturated rings. The van der Waals surface area contributed by atoms with E-state index in [9.17, 15) is 4.79 Å². The summed E-state index contributed by atoms with van der Waals surface area (Å²) in [5.41, 5.74) is 0.948. The second kappa shape index (κ2) is 9.14. The Labute approximate surface area is 114 Å². The van der Waals surface area contributed by atoms with Crippen LogP contribution >= 0.6 is 0 Å². The predicted octanol–water partition coefficient (Wildman–Crippen LogP) is 3.39. The minimum atomic E-state index is -0.458. The van der Waals surface area contributed by atoms with Gasteiger partial charge >= 0.3 is 5.97 Å². The van der Waals surface area contributed by atoms with Crippen molar-refractivity contribution in [3.05, 3.63) is 35.9 Å². The van der Waals surface area contributed by atoms with E-state index in [1.807, 2.05) is 30.3 Å². The molecular weight excluding hydrogens is 242 g/mol. The number of nitrogens with zero attached hydrogens (tertiary/aromatic N) is 1. The summed E-state index contributed by atoms with van der Waals surface area (Å²) in [6.07, 6.45) is 4.98. The van der Waals surface area contributed by atoms with Gasteiger partial charge in [0.2, 0.25) is 0 Å². The van der Waals surface area contributed by atoms with Crippen molar-refractivity contribution in [1.29, 1.82) is 0 Å². The maximum Gasteiger partial charge on any atom is 0.314 e. The average molecular weight is 263 g/mol. The lowest BCUT2D eigenvalue weighted by atomic mass is 10.0. The van der Waals surface area contributed by atoms with Crippen molar-refractivity contribution in [2.24, 2.45) is 11.1 Å². The van der Waals surface area contributed by atoms with Crippen LogP contribution in [-0.4, -0.2) is 17.4 Å². The molecule has 4 nitrogen and oxygen atoms in total. The number of rotatable bonds is 8. The van der Waals surface area contributed by atoms with Crippen molar-refractivity contribution >= 4 is 12.2 Å². The molecular formula is C15H21NO3. The van der Waals surface area contributed by atoms with E-state index in [-0.39, 0.29) is 12.6 Å². The van der Waals surface area contributed by atoms with Gasteiger partial charge in [-0.25, -0.2) is 0 Å². The zero-order chi connectivity index (χ0) is 13.9. The van der Waals surface area contributed by atoms with Gasteiger partial charge in [-0.15, -0.1) is 5.16 Å². The van der Waals surface area contributed by atoms with Crippen LogP contribution < -0.4 is 0 Å². The van der Waals surface area contributed by atoms with E-state index in [1.54, 1.807) is 0 Å². The minimum absolute atomic E-state index is 0.253. The molecule has 0 spiro atoms. The summed E-state index contributed by atoms with van der Waals surface area (Å²) in [5, 5.41) is 11.6. The highest BCUT2D eigenvalue weighted by atomic mass is 16.5. The molecule has 0 aromatic heterocycles. The first-order chi connectivity index (χ1) is 9.27. The lowest BCUT2D eigenvalue weighted by Gasteiger charge is -2.11. The van der Waals surface area contributed by atoms with Crippen molar-refractivity contribution < 1.29 is 14.7 Å². The van der Waals surface area contributed by atoms with Gasteiger partial charge in [0.25, 0.3) is 0 Å². The van der Waals surface area contributed by atoms with Crippen molar-refractivity contribution in [3.8, 4) is 0 Å². The SMILES string of the molecule is CCCCCC(/C=N\O)C(=O)OCc1ccccc1. The van der Waals surface area contributed by atoms with Gasteiger partial charge in [-0.05, 0) is 12.0 Å². The number of carbonyl (C=O) groups is 1. The summed E-state index contributed by atoms with van der Waals surface area (Å²) in [5.74, 6) is -0.794. The van der Waals surface area contributed by atoms with Gasteiger partial charge in [-0.3, -0.25) is 4.79 Å². The summed E-state index contributed by atoms with van der Waals surface area (Å²) in [4.78, 5) is 11.9. The van der Waals surface area contributed by atoms with Gasteiger partial charge in [-0.2, -0.15) is 0 Å². The van der Waals surface area contributed by atoms with Crippen LogP contribution in [-0.2, 0) is 16.1 Å². The highest BCUT2D eigenvalue weighted by Gasteiger charge is 2.17. The fourth-order valence-electron chi connectivity index (χ4n) is 1.78. The molecule has 0 amide bonds. The molecule has 1 atom stereocenters. The molecule has 0 saturated carbocycles. The molecule has 1 unspecified atom stereocenters. The molecule has 0 aliphatic heterocycles. The standard InChI is InChI=1S/C15H21NO3/c1-2-3-5-10-14(11-16-18)15(17)19-12-13-8-6-4-7-9-13/h4,6-9,11,14,18H,2-3,5,10,12H2,1H3/b16-11-. The van der Waals surface area contributed by atoms with Crippen LogP contribution in [0.15, 0.2) is 35.5 Å². The zero-order valence-electron chi connectivity index (χ0n) is 11.3. The highest BCUT2D eigenvalue weighted by Crippen LogP contribution is 2.11. The Morgan fingerprint density at radius 2 is 2.11 bits per heavy atom. The van der Waals surface area contributed by atoms with Crippen LogP contribution in [0.1, 0.15) is 38.2 Å². The van der Waals surface area contributed by atoms with Crippen LogP contribution in [0, 0.1) is 5.92 Å². The highest BCUT2D eigenvalue weighted by molar-refractivity contribution is 5.89. The van der Waals surface area contributed by atoms with Crippen molar-refractivity contribution in [2.75, 3.05) is 0 Å². The molecule has 1 aromatic carbocycles. The molecule has 4 heteroatoms. The first-order valence-electron chi connectivity index (χ1n) is 6.66. The van der Waals surface area contributed by atoms with E-state index in [2.05, 4.69) is 12.1 Å². The Hall–Kier alpha value is -1.84. The van der Waals surface area contributed by atoms with Crippen LogP contribution in [0.4, 0.5) is 0 Å². The van der Waals surface area contributed by atoms with Crippen LogP contribution in [0.5, 0.6) is 0 Å². The van der Waals surface area contributed by atoms with Crippen molar-refractivity contribution in [3.63, 3.8) is 0 Å². The number of ether oxygens (including phenoxy) is 1. The fraction of sp³-hybridized carbons (Fsp3) is 0.467. The van der Waals surface area contributed by atoms with Crippen LogP contribution in [0.25, 0.3) is 0 Å². The van der Waals surface area contributed by atoms with Gasteiger partial charge in [0.05, 0.1) is 12.1 Å². The molecule has 1 aromatic rings. The first kappa shape index (κ1) is 15.2. The summed E-state index contributed by atoms with van der Waals surface area (Å²) >= 11 is 0. The Kier molecular flexibility index (Phi) is 7.32. The topological polar surface area (TPSA) is 58.9 Å². The molecule has 0 aliphatic carbocycles. The molecule has 1 rings (SSSR count). The van der Waals surface area contributed by atoms with E-state index < -0.39 is 5.92 Å². The summed E-state index contributed by atoms with van der Waals surface area (Å²) < 4.78 is 5.23. The predicted molar refractivity (Wildman–Crippen MR) is 74.1 cm³/mol. The molecule has 0 aliphatic rings. The largest absolute Gasteiger partial charge is 0.460 e. The first-order valence-corrected chi connectivity index (χ1v) is 6.66. The monoisotopic (exact) mass is 263 g/mol. The third kappa shape index (κ3) is 6.04. The van der Waals surface area contributed by atoms with Gasteiger partial charge in [0.1, 0.15) is 6.61 Å². The zero-order valence-corrected chi connectivity index (χ0v) is 11.3. The Morgan fingerprint density at radius 1 is 1.37 bits per heavy atom. The number of benzene rings is 1. The molecule has 19 heavy (non-hydrogen) atoms. The third-order valence-corrected chi connectivity index (χ3v) is 2.89. The van der Waals surface area contributed by atoms with E-state index in [1.165, 1.54) is 6.21 Å². The van der Waals surface area contributed by atoms with E-state index in [0.29, 0.717) is 6.42 Å². The van der Waals surface area contributed by atoms with Crippen LogP contribution in [0.2, 0.25) is 0 Å². The molecule has 0 bridgehead atoms. The van der Waals surface area contributed by atoms with E-state index >= 15 is 0 Å². The quantitative estimate of drug-likeness (QED) is 0.257. The average Bonchev–Trinajstić information content (AvgIpc) is 2.45. The number of unbranched alkanes of at least 4 members (excludes halogenated alkanes) is 2. The van der Waals surface area contributed by atoms with Crippen molar-refractivity contribution in [1.82, 2.24) is 0 Å². The van der Waals surface area contributed by atoms with E-state index in [4.69, 9.17) is 9.94 Å². The van der Waals surface area contributed by atoms with Gasteiger partial charge < -0.3 is 9.94 Å². The number of hydrogen-bond donors (Lipinski definition) is 1. The summed E-state index contributed by atoms with van der Waals surface area (Å²) in [6.45, 7) is 2.35. The molecule has 0 radical (unpaired) electrons. The Morgan fingerprint density at radius 3 is 2.74 bits per heavy atom. The maximum absolute atomic E-state index is 11.9. The van der Waals surface area contributed by atoms with Crippen LogP contribution in [0.3, 0.4) is 0 Å². The van der Waals surface area contributed by atoms with Crippen molar-refractivity contribution in [2.45, 2.75) is 39.2 Å². The maximum atomic E-state index is 11.9. The number of esters is 1. The number of oxime groups is 1. The third-order valence-electron chi connectivity index (χ3n) is 2.89. The van der Waals surface area contributed by atoms with E-state index in [0.717, 1.165) is 24.8 Å². The Bertz CT molecular complexity index is 390. The molecule has 0 heterocycles. The second-order valence-corrected chi connectivity index (χ2v) is 4.46. The lowest BCUT2D eigenvalue weighted by Crippen LogP contribution is -2.19. The lowest BCUT2D eigenvalue weighted by molar-refractivity contribution is -0.147. The second-order valence-electron chi connectivity index (χ2n) is 4.46. The van der Waals surface area contributed by atoms with Gasteiger partial charge in [0, 0.05) is 0 Å². The molecule has 0 saturated heterocycles. The van der Waals surface area contributed by atoms with Gasteiger partial charge in [0.15, 0.2) is 0 Å². The minimum Gasteiger partial charge on any atom is -0.460 e.